The second-order valence-corrected chi connectivity index (χ2v) is 7.62. The van der Waals surface area contributed by atoms with E-state index in [1.807, 2.05) is 0 Å². The van der Waals surface area contributed by atoms with Gasteiger partial charge in [-0.1, -0.05) is 54.6 Å². The molecule has 0 atom stereocenters. The van der Waals surface area contributed by atoms with Crippen molar-refractivity contribution in [1.29, 1.82) is 0 Å². The van der Waals surface area contributed by atoms with Crippen molar-refractivity contribution in [1.82, 2.24) is 0 Å². The molecule has 36 heavy (non-hydrogen) atoms. The maximum absolute atomic E-state index is 12.8. The number of rotatable bonds is 7. The molecule has 0 saturated heterocycles. The minimum atomic E-state index is -0.760. The maximum Gasteiger partial charge on any atom is 0.343 e. The fourth-order valence-corrected chi connectivity index (χ4v) is 3.28. The molecule has 0 heterocycles. The number of ketones is 1. The lowest BCUT2D eigenvalue weighted by atomic mass is 10.1. The van der Waals surface area contributed by atoms with Crippen LogP contribution in [0.25, 0.3) is 0 Å². The number of ether oxygens (including phenoxy) is 3. The van der Waals surface area contributed by atoms with Gasteiger partial charge in [0.15, 0.2) is 17.3 Å². The molecule has 0 bridgehead atoms. The molecule has 4 aromatic rings. The predicted octanol–water partition coefficient (Wildman–Crippen LogP) is 5.55. The fourth-order valence-electron chi connectivity index (χ4n) is 3.28. The molecule has 4 aromatic carbocycles. The highest BCUT2D eigenvalue weighted by molar-refractivity contribution is 6.01. The molecule has 0 aliphatic heterocycles. The first kappa shape index (κ1) is 24.1. The molecule has 0 aliphatic carbocycles. The number of carbonyl (C=O) groups is 4. The molecule has 0 fully saturated rings. The number of carbonyl (C=O) groups excluding carboxylic acids is 4. The highest BCUT2D eigenvalue weighted by atomic mass is 16.6. The van der Waals surface area contributed by atoms with E-state index in [2.05, 4.69) is 0 Å². The molecule has 0 spiro atoms. The minimum absolute atomic E-state index is 0.0653. The van der Waals surface area contributed by atoms with Crippen LogP contribution in [0.3, 0.4) is 0 Å². The highest BCUT2D eigenvalue weighted by Gasteiger charge is 2.24. The first-order valence-corrected chi connectivity index (χ1v) is 10.9. The topological polar surface area (TPSA) is 96.0 Å². The van der Waals surface area contributed by atoms with Crippen molar-refractivity contribution in [2.24, 2.45) is 0 Å². The zero-order valence-corrected chi connectivity index (χ0v) is 19.2. The summed E-state index contributed by atoms with van der Waals surface area (Å²) in [5.74, 6) is -3.28. The van der Waals surface area contributed by atoms with E-state index in [0.29, 0.717) is 0 Å². The molecular formula is C29H20O7. The van der Waals surface area contributed by atoms with Crippen LogP contribution in [0.4, 0.5) is 0 Å². The standard InChI is InChI=1S/C29H20O7/c1-19(30)24-17-23(34-27(31)20-11-5-2-6-12-20)18-25(35-28(32)21-13-7-3-8-14-21)26(24)36-29(33)22-15-9-4-10-16-22/h2-18H,1H3. The van der Waals surface area contributed by atoms with Crippen molar-refractivity contribution in [2.45, 2.75) is 6.92 Å². The van der Waals surface area contributed by atoms with Crippen molar-refractivity contribution in [3.8, 4) is 17.2 Å². The number of hydrogen-bond acceptors (Lipinski definition) is 7. The van der Waals surface area contributed by atoms with Gasteiger partial charge in [-0.3, -0.25) is 4.79 Å². The number of Topliss-reactive ketones (excluding diaryl/α,β-unsaturated/α-hetero) is 1. The third-order valence-electron chi connectivity index (χ3n) is 5.04. The van der Waals surface area contributed by atoms with Gasteiger partial charge in [-0.15, -0.1) is 0 Å². The summed E-state index contributed by atoms with van der Waals surface area (Å²) in [7, 11) is 0. The molecule has 0 radical (unpaired) electrons. The Morgan fingerprint density at radius 2 is 0.944 bits per heavy atom. The van der Waals surface area contributed by atoms with Crippen molar-refractivity contribution in [3.05, 3.63) is 125 Å². The molecule has 0 unspecified atom stereocenters. The Balaban J connectivity index is 1.75. The van der Waals surface area contributed by atoms with Crippen molar-refractivity contribution < 1.29 is 33.4 Å². The zero-order valence-electron chi connectivity index (χ0n) is 19.2. The van der Waals surface area contributed by atoms with E-state index in [0.717, 1.165) is 0 Å². The van der Waals surface area contributed by atoms with Crippen LogP contribution in [0, 0.1) is 0 Å². The highest BCUT2D eigenvalue weighted by Crippen LogP contribution is 2.38. The molecule has 178 valence electrons. The lowest BCUT2D eigenvalue weighted by Crippen LogP contribution is -2.16. The van der Waals surface area contributed by atoms with Crippen LogP contribution in [0.2, 0.25) is 0 Å². The van der Waals surface area contributed by atoms with Crippen LogP contribution >= 0.6 is 0 Å². The number of hydrogen-bond donors (Lipinski definition) is 0. The molecule has 0 aliphatic rings. The van der Waals surface area contributed by atoms with Crippen LogP contribution in [0.15, 0.2) is 103 Å². The van der Waals surface area contributed by atoms with Gasteiger partial charge in [-0.05, 0) is 49.4 Å². The van der Waals surface area contributed by atoms with Gasteiger partial charge in [0.25, 0.3) is 0 Å². The summed E-state index contributed by atoms with van der Waals surface area (Å²) >= 11 is 0. The Labute approximate surface area is 206 Å². The molecule has 0 N–H and O–H groups in total. The Bertz CT molecular complexity index is 1410. The monoisotopic (exact) mass is 480 g/mol. The van der Waals surface area contributed by atoms with Crippen molar-refractivity contribution >= 4 is 23.7 Å². The zero-order chi connectivity index (χ0) is 25.5. The van der Waals surface area contributed by atoms with E-state index in [1.165, 1.54) is 19.1 Å². The van der Waals surface area contributed by atoms with E-state index < -0.39 is 23.7 Å². The predicted molar refractivity (Wildman–Crippen MR) is 131 cm³/mol. The third-order valence-corrected chi connectivity index (χ3v) is 5.04. The summed E-state index contributed by atoms with van der Waals surface area (Å²) in [6.45, 7) is 1.25. The van der Waals surface area contributed by atoms with Crippen LogP contribution < -0.4 is 14.2 Å². The quantitative estimate of drug-likeness (QED) is 0.194. The second kappa shape index (κ2) is 10.9. The lowest BCUT2D eigenvalue weighted by Gasteiger charge is -2.16. The number of benzene rings is 4. The molecule has 7 nitrogen and oxygen atoms in total. The Kier molecular flexibility index (Phi) is 7.31. The maximum atomic E-state index is 12.8. The Morgan fingerprint density at radius 3 is 1.39 bits per heavy atom. The summed E-state index contributed by atoms with van der Waals surface area (Å²) in [6.07, 6.45) is 0. The van der Waals surface area contributed by atoms with Gasteiger partial charge in [0, 0.05) is 6.07 Å². The van der Waals surface area contributed by atoms with Gasteiger partial charge < -0.3 is 14.2 Å². The van der Waals surface area contributed by atoms with Crippen LogP contribution in [-0.4, -0.2) is 23.7 Å². The molecule has 7 heteroatoms. The van der Waals surface area contributed by atoms with E-state index >= 15 is 0 Å². The molecule has 0 amide bonds. The van der Waals surface area contributed by atoms with Gasteiger partial charge in [0.1, 0.15) is 5.75 Å². The Hall–Kier alpha value is -5.04. The molecule has 0 saturated carbocycles. The van der Waals surface area contributed by atoms with Gasteiger partial charge in [0.05, 0.1) is 22.3 Å². The summed E-state index contributed by atoms with van der Waals surface area (Å²) in [5.41, 5.74) is 0.638. The van der Waals surface area contributed by atoms with E-state index in [9.17, 15) is 19.2 Å². The molecule has 0 aromatic heterocycles. The average Bonchev–Trinajstić information content (AvgIpc) is 2.91. The van der Waals surface area contributed by atoms with E-state index in [-0.39, 0.29) is 39.5 Å². The minimum Gasteiger partial charge on any atom is -0.423 e. The fraction of sp³-hybridized carbons (Fsp3) is 0.0345. The smallest absolute Gasteiger partial charge is 0.343 e. The normalized spacial score (nSPS) is 10.2. The SMILES string of the molecule is CC(=O)c1cc(OC(=O)c2ccccc2)cc(OC(=O)c2ccccc2)c1OC(=O)c1ccccc1. The van der Waals surface area contributed by atoms with Crippen LogP contribution in [0.5, 0.6) is 17.2 Å². The first-order valence-electron chi connectivity index (χ1n) is 10.9. The van der Waals surface area contributed by atoms with Crippen molar-refractivity contribution in [2.75, 3.05) is 0 Å². The summed E-state index contributed by atoms with van der Waals surface area (Å²) in [4.78, 5) is 50.7. The average molecular weight is 480 g/mol. The first-order chi connectivity index (χ1) is 17.4. The third kappa shape index (κ3) is 5.71. The second-order valence-electron chi connectivity index (χ2n) is 7.62. The van der Waals surface area contributed by atoms with E-state index in [1.54, 1.807) is 91.0 Å². The molecular weight excluding hydrogens is 460 g/mol. The van der Waals surface area contributed by atoms with Crippen LogP contribution in [-0.2, 0) is 0 Å². The summed E-state index contributed by atoms with van der Waals surface area (Å²) in [6, 6.07) is 27.0. The van der Waals surface area contributed by atoms with Gasteiger partial charge in [-0.25, -0.2) is 14.4 Å². The molecule has 4 rings (SSSR count). The van der Waals surface area contributed by atoms with Crippen LogP contribution in [0.1, 0.15) is 48.4 Å². The van der Waals surface area contributed by atoms with Gasteiger partial charge >= 0.3 is 17.9 Å². The van der Waals surface area contributed by atoms with Crippen molar-refractivity contribution in [3.63, 3.8) is 0 Å². The summed E-state index contributed by atoms with van der Waals surface area (Å²) in [5, 5.41) is 0. The summed E-state index contributed by atoms with van der Waals surface area (Å²) < 4.78 is 16.5. The Morgan fingerprint density at radius 1 is 0.528 bits per heavy atom. The van der Waals surface area contributed by atoms with Gasteiger partial charge in [-0.2, -0.15) is 0 Å². The largest absolute Gasteiger partial charge is 0.423 e. The lowest BCUT2D eigenvalue weighted by molar-refractivity contribution is 0.0675. The van der Waals surface area contributed by atoms with E-state index in [4.69, 9.17) is 14.2 Å². The number of esters is 3. The van der Waals surface area contributed by atoms with Gasteiger partial charge in [0.2, 0.25) is 0 Å².